The van der Waals surface area contributed by atoms with Crippen LogP contribution in [0.3, 0.4) is 0 Å². The highest BCUT2D eigenvalue weighted by Gasteiger charge is 2.45. The van der Waals surface area contributed by atoms with E-state index in [2.05, 4.69) is 31.7 Å². The van der Waals surface area contributed by atoms with Crippen LogP contribution in [0.1, 0.15) is 56.2 Å². The molecule has 0 unspecified atom stereocenters. The number of nitrogens with one attached hydrogen (secondary N) is 2. The summed E-state index contributed by atoms with van der Waals surface area (Å²) in [6, 6.07) is 9.31. The molecule has 0 bridgehead atoms. The molecule has 0 radical (unpaired) electrons. The number of aromatic nitrogens is 4. The Hall–Kier alpha value is -4.71. The summed E-state index contributed by atoms with van der Waals surface area (Å²) in [4.78, 5) is 44.5. The summed E-state index contributed by atoms with van der Waals surface area (Å²) in [5.74, 6) is 0.967. The Balaban J connectivity index is 1.16. The van der Waals surface area contributed by atoms with Gasteiger partial charge in [-0.3, -0.25) is 4.79 Å². The minimum absolute atomic E-state index is 0.0333. The average Bonchev–Trinajstić information content (AvgIpc) is 3.22. The van der Waals surface area contributed by atoms with Crippen molar-refractivity contribution in [1.82, 2.24) is 25.3 Å². The van der Waals surface area contributed by atoms with E-state index in [9.17, 15) is 14.9 Å². The van der Waals surface area contributed by atoms with E-state index in [1.807, 2.05) is 45.6 Å². The summed E-state index contributed by atoms with van der Waals surface area (Å²) >= 11 is 0. The van der Waals surface area contributed by atoms with Crippen LogP contribution in [0.15, 0.2) is 42.9 Å². The lowest BCUT2D eigenvalue weighted by molar-refractivity contribution is 0.0157. The number of fused-ring (bicyclic) bond motifs is 1. The second-order valence-electron chi connectivity index (χ2n) is 12.2. The van der Waals surface area contributed by atoms with Gasteiger partial charge in [-0.05, 0) is 52.8 Å². The zero-order valence-corrected chi connectivity index (χ0v) is 27.5. The monoisotopic (exact) mass is 646 g/mol. The van der Waals surface area contributed by atoms with Crippen molar-refractivity contribution in [3.8, 4) is 17.3 Å². The minimum Gasteiger partial charge on any atom is -0.444 e. The van der Waals surface area contributed by atoms with Crippen molar-refractivity contribution in [2.45, 2.75) is 52.3 Å². The lowest BCUT2D eigenvalue weighted by Crippen LogP contribution is -2.44. The molecular formula is C33H42N8O6. The van der Waals surface area contributed by atoms with E-state index in [4.69, 9.17) is 23.9 Å². The molecule has 250 valence electrons. The number of carbonyl (C=O) groups is 2. The lowest BCUT2D eigenvalue weighted by atomic mass is 9.97. The number of nitriles is 1. The zero-order chi connectivity index (χ0) is 33.9. The first kappa shape index (κ1) is 35.1. The van der Waals surface area contributed by atoms with Gasteiger partial charge in [0.15, 0.2) is 5.78 Å². The standard InChI is InChI=1S/C33H42N8O6/c1-32(2,3)47-31(43)37-12-14-45-16-18-46-17-15-44-13-11-36-30-38-20-24(21-39-30)26-9-8-25-28(42)33(4,5)41(29(25)40-26)22-23-7-6-10-35-27(23)19-34/h6-10,20-21H,11-18,22H2,1-5H3,(H,37,43)(H,36,38,39). The molecule has 0 aliphatic carbocycles. The minimum atomic E-state index is -0.840. The molecule has 0 spiro atoms. The number of hydrogen-bond donors (Lipinski definition) is 2. The topological polar surface area (TPSA) is 174 Å². The maximum Gasteiger partial charge on any atom is 0.407 e. The smallest absolute Gasteiger partial charge is 0.407 e. The van der Waals surface area contributed by atoms with Gasteiger partial charge in [0.2, 0.25) is 5.95 Å². The third-order valence-electron chi connectivity index (χ3n) is 7.07. The maximum absolute atomic E-state index is 13.2. The van der Waals surface area contributed by atoms with Gasteiger partial charge in [0.05, 0.1) is 56.4 Å². The van der Waals surface area contributed by atoms with Crippen molar-refractivity contribution in [2.75, 3.05) is 62.9 Å². The van der Waals surface area contributed by atoms with E-state index in [1.165, 1.54) is 0 Å². The van der Waals surface area contributed by atoms with E-state index in [0.717, 1.165) is 5.56 Å². The first-order valence-electron chi connectivity index (χ1n) is 15.4. The summed E-state index contributed by atoms with van der Waals surface area (Å²) in [5, 5.41) is 15.3. The fraction of sp³-hybridized carbons (Fsp3) is 0.485. The maximum atomic E-state index is 13.2. The Bertz CT molecular complexity index is 1550. The van der Waals surface area contributed by atoms with E-state index >= 15 is 0 Å². The molecule has 4 rings (SSSR count). The molecule has 1 aliphatic rings. The molecule has 47 heavy (non-hydrogen) atoms. The number of amides is 1. The average molecular weight is 647 g/mol. The normalized spacial score (nSPS) is 13.6. The predicted octanol–water partition coefficient (Wildman–Crippen LogP) is 3.77. The second kappa shape index (κ2) is 16.2. The molecule has 0 saturated carbocycles. The van der Waals surface area contributed by atoms with E-state index in [1.54, 1.807) is 36.8 Å². The van der Waals surface area contributed by atoms with Crippen LogP contribution >= 0.6 is 0 Å². The number of carbonyl (C=O) groups excluding carboxylic acids is 2. The molecule has 3 aromatic heterocycles. The number of ketones is 1. The fourth-order valence-electron chi connectivity index (χ4n) is 4.69. The summed E-state index contributed by atoms with van der Waals surface area (Å²) in [6.07, 6.45) is 4.46. The van der Waals surface area contributed by atoms with Crippen LogP contribution in [0.2, 0.25) is 0 Å². The Morgan fingerprint density at radius 1 is 0.957 bits per heavy atom. The fourth-order valence-corrected chi connectivity index (χ4v) is 4.69. The molecular weight excluding hydrogens is 604 g/mol. The number of Topliss-reactive ketones (excluding diaryl/α,β-unsaturated/α-hetero) is 1. The quantitative estimate of drug-likeness (QED) is 0.216. The van der Waals surface area contributed by atoms with E-state index < -0.39 is 17.2 Å². The van der Waals surface area contributed by atoms with Crippen LogP contribution in [-0.2, 0) is 25.5 Å². The van der Waals surface area contributed by atoms with Crippen molar-refractivity contribution >= 4 is 23.6 Å². The molecule has 14 nitrogen and oxygen atoms in total. The van der Waals surface area contributed by atoms with Crippen LogP contribution in [-0.4, -0.2) is 95.7 Å². The highest BCUT2D eigenvalue weighted by Crippen LogP contribution is 2.39. The highest BCUT2D eigenvalue weighted by molar-refractivity contribution is 6.12. The van der Waals surface area contributed by atoms with E-state index in [0.29, 0.717) is 93.6 Å². The number of anilines is 2. The summed E-state index contributed by atoms with van der Waals surface area (Å²) in [6.45, 7) is 12.8. The van der Waals surface area contributed by atoms with Crippen LogP contribution in [0.25, 0.3) is 11.3 Å². The second-order valence-corrected chi connectivity index (χ2v) is 12.2. The summed E-state index contributed by atoms with van der Waals surface area (Å²) in [5.41, 5.74) is 1.53. The third kappa shape index (κ3) is 9.89. The number of nitrogens with zero attached hydrogens (tertiary/aromatic N) is 6. The predicted molar refractivity (Wildman–Crippen MR) is 174 cm³/mol. The van der Waals surface area contributed by atoms with Gasteiger partial charge < -0.3 is 34.5 Å². The molecule has 1 amide bonds. The molecule has 0 atom stereocenters. The largest absolute Gasteiger partial charge is 0.444 e. The van der Waals surface area contributed by atoms with Gasteiger partial charge in [0.25, 0.3) is 0 Å². The molecule has 4 heterocycles. The molecule has 0 aromatic carbocycles. The number of alkyl carbamates (subject to hydrolysis) is 1. The molecule has 0 saturated heterocycles. The van der Waals surface area contributed by atoms with Gasteiger partial charge in [0, 0.05) is 49.4 Å². The van der Waals surface area contributed by atoms with Crippen molar-refractivity contribution in [1.29, 1.82) is 5.26 Å². The molecule has 3 aromatic rings. The summed E-state index contributed by atoms with van der Waals surface area (Å²) < 4.78 is 21.6. The van der Waals surface area contributed by atoms with Gasteiger partial charge in [-0.25, -0.2) is 24.7 Å². The molecule has 1 aliphatic heterocycles. The Morgan fingerprint density at radius 2 is 1.62 bits per heavy atom. The van der Waals surface area contributed by atoms with Crippen molar-refractivity contribution in [2.24, 2.45) is 0 Å². The Labute approximate surface area is 274 Å². The van der Waals surface area contributed by atoms with Crippen molar-refractivity contribution < 1.29 is 28.5 Å². The lowest BCUT2D eigenvalue weighted by Gasteiger charge is -2.32. The zero-order valence-electron chi connectivity index (χ0n) is 27.5. The van der Waals surface area contributed by atoms with Gasteiger partial charge in [0.1, 0.15) is 23.2 Å². The molecule has 0 fully saturated rings. The molecule has 2 N–H and O–H groups in total. The number of hydrogen-bond acceptors (Lipinski definition) is 13. The van der Waals surface area contributed by atoms with Gasteiger partial charge >= 0.3 is 6.09 Å². The van der Waals surface area contributed by atoms with Gasteiger partial charge in [-0.1, -0.05) is 6.07 Å². The molecule has 14 heteroatoms. The number of pyridine rings is 2. The number of rotatable bonds is 16. The first-order chi connectivity index (χ1) is 22.5. The summed E-state index contributed by atoms with van der Waals surface area (Å²) in [7, 11) is 0. The Morgan fingerprint density at radius 3 is 2.28 bits per heavy atom. The van der Waals surface area contributed by atoms with Crippen LogP contribution in [0.5, 0.6) is 0 Å². The van der Waals surface area contributed by atoms with Crippen molar-refractivity contribution in [3.05, 3.63) is 59.7 Å². The Kier molecular flexibility index (Phi) is 12.1. The van der Waals surface area contributed by atoms with Gasteiger partial charge in [-0.15, -0.1) is 0 Å². The van der Waals surface area contributed by atoms with Crippen LogP contribution in [0.4, 0.5) is 16.6 Å². The van der Waals surface area contributed by atoms with Crippen molar-refractivity contribution in [3.63, 3.8) is 0 Å². The highest BCUT2D eigenvalue weighted by atomic mass is 16.6. The SMILES string of the molecule is CC(C)(C)OC(=O)NCCOCCOCCOCCNc1ncc(-c2ccc3c(n2)N(Cc2cccnc2C#N)C(C)(C)C3=O)cn1. The van der Waals surface area contributed by atoms with Gasteiger partial charge in [-0.2, -0.15) is 5.26 Å². The van der Waals surface area contributed by atoms with Crippen LogP contribution in [0, 0.1) is 11.3 Å². The third-order valence-corrected chi connectivity index (χ3v) is 7.07. The number of ether oxygens (including phenoxy) is 4. The first-order valence-corrected chi connectivity index (χ1v) is 15.4. The van der Waals surface area contributed by atoms with Crippen LogP contribution < -0.4 is 15.5 Å². The van der Waals surface area contributed by atoms with E-state index in [-0.39, 0.29) is 5.78 Å².